The van der Waals surface area contributed by atoms with Crippen molar-refractivity contribution in [2.75, 3.05) is 0 Å². The minimum Gasteiger partial charge on any atom is -0.295 e. The summed E-state index contributed by atoms with van der Waals surface area (Å²) >= 11 is 1.60. The molecular weight excluding hydrogens is 274 g/mol. The second-order valence-electron chi connectivity index (χ2n) is 4.30. The standard InChI is InChI=1S/C14H9N3O2S/c15-5-9-6-17(14(19)16-13(9)18)7-10-8-20-12-4-2-1-3-11(10)12/h1-4,6,8H,7H2,(H,16,18,19). The smallest absolute Gasteiger partial charge is 0.295 e. The van der Waals surface area contributed by atoms with Crippen molar-refractivity contribution in [1.29, 1.82) is 5.26 Å². The van der Waals surface area contributed by atoms with Crippen molar-refractivity contribution in [1.82, 2.24) is 9.55 Å². The van der Waals surface area contributed by atoms with E-state index in [2.05, 4.69) is 4.98 Å². The molecule has 2 aromatic heterocycles. The summed E-state index contributed by atoms with van der Waals surface area (Å²) in [4.78, 5) is 25.3. The third-order valence-electron chi connectivity index (χ3n) is 3.03. The van der Waals surface area contributed by atoms with Crippen LogP contribution in [-0.2, 0) is 6.54 Å². The van der Waals surface area contributed by atoms with Crippen LogP contribution in [0.1, 0.15) is 11.1 Å². The summed E-state index contributed by atoms with van der Waals surface area (Å²) in [5.41, 5.74) is -0.235. The Labute approximate surface area is 117 Å². The zero-order valence-corrected chi connectivity index (χ0v) is 11.1. The molecular formula is C14H9N3O2S. The number of hydrogen-bond acceptors (Lipinski definition) is 4. The Morgan fingerprint density at radius 1 is 1.30 bits per heavy atom. The predicted octanol–water partition coefficient (Wildman–Crippen LogP) is 1.67. The van der Waals surface area contributed by atoms with E-state index in [1.54, 1.807) is 17.4 Å². The van der Waals surface area contributed by atoms with Crippen LogP contribution in [-0.4, -0.2) is 9.55 Å². The number of rotatable bonds is 2. The van der Waals surface area contributed by atoms with E-state index < -0.39 is 11.2 Å². The average molecular weight is 283 g/mol. The van der Waals surface area contributed by atoms with Crippen LogP contribution in [0.5, 0.6) is 0 Å². The molecule has 0 radical (unpaired) electrons. The van der Waals surface area contributed by atoms with Crippen molar-refractivity contribution in [2.45, 2.75) is 6.54 Å². The van der Waals surface area contributed by atoms with Crippen LogP contribution >= 0.6 is 11.3 Å². The molecule has 3 aromatic rings. The quantitative estimate of drug-likeness (QED) is 0.777. The van der Waals surface area contributed by atoms with Crippen molar-refractivity contribution in [3.05, 3.63) is 67.8 Å². The number of aromatic amines is 1. The summed E-state index contributed by atoms with van der Waals surface area (Å²) in [7, 11) is 0. The fourth-order valence-electron chi connectivity index (χ4n) is 2.05. The van der Waals surface area contributed by atoms with Crippen molar-refractivity contribution in [2.24, 2.45) is 0 Å². The molecule has 1 N–H and O–H groups in total. The largest absolute Gasteiger partial charge is 0.328 e. The molecule has 3 rings (SSSR count). The number of fused-ring (bicyclic) bond motifs is 1. The van der Waals surface area contributed by atoms with E-state index in [1.807, 2.05) is 29.6 Å². The first kappa shape index (κ1) is 12.4. The first-order valence-electron chi connectivity index (χ1n) is 5.88. The number of thiophene rings is 1. The molecule has 0 saturated carbocycles. The lowest BCUT2D eigenvalue weighted by Crippen LogP contribution is -2.31. The minimum atomic E-state index is -0.649. The van der Waals surface area contributed by atoms with Crippen LogP contribution in [0, 0.1) is 11.3 Å². The number of nitrogens with one attached hydrogen (secondary N) is 1. The highest BCUT2D eigenvalue weighted by Crippen LogP contribution is 2.25. The van der Waals surface area contributed by atoms with Gasteiger partial charge in [0.1, 0.15) is 11.6 Å². The molecule has 1 aromatic carbocycles. The zero-order chi connectivity index (χ0) is 14.1. The van der Waals surface area contributed by atoms with Crippen LogP contribution < -0.4 is 11.2 Å². The van der Waals surface area contributed by atoms with Crippen LogP contribution in [0.2, 0.25) is 0 Å². The van der Waals surface area contributed by atoms with E-state index in [4.69, 9.17) is 5.26 Å². The molecule has 20 heavy (non-hydrogen) atoms. The molecule has 0 aliphatic rings. The van der Waals surface area contributed by atoms with Crippen molar-refractivity contribution >= 4 is 21.4 Å². The van der Waals surface area contributed by atoms with Crippen LogP contribution in [0.3, 0.4) is 0 Å². The molecule has 0 fully saturated rings. The summed E-state index contributed by atoms with van der Waals surface area (Å²) in [6, 6.07) is 9.68. The molecule has 2 heterocycles. The fraction of sp³-hybridized carbons (Fsp3) is 0.0714. The Balaban J connectivity index is 2.10. The Morgan fingerprint density at radius 2 is 2.10 bits per heavy atom. The van der Waals surface area contributed by atoms with Gasteiger partial charge < -0.3 is 0 Å². The third kappa shape index (κ3) is 2.04. The third-order valence-corrected chi connectivity index (χ3v) is 4.05. The van der Waals surface area contributed by atoms with Crippen LogP contribution in [0.25, 0.3) is 10.1 Å². The molecule has 0 bridgehead atoms. The molecule has 98 valence electrons. The fourth-order valence-corrected chi connectivity index (χ4v) is 3.00. The van der Waals surface area contributed by atoms with Gasteiger partial charge in [0.05, 0.1) is 6.54 Å². The molecule has 0 spiro atoms. The van der Waals surface area contributed by atoms with Gasteiger partial charge in [0.2, 0.25) is 0 Å². The van der Waals surface area contributed by atoms with Gasteiger partial charge in [-0.15, -0.1) is 11.3 Å². The maximum absolute atomic E-state index is 11.8. The first-order chi connectivity index (χ1) is 9.69. The second kappa shape index (κ2) is 4.79. The lowest BCUT2D eigenvalue weighted by atomic mass is 10.2. The number of nitriles is 1. The van der Waals surface area contributed by atoms with E-state index in [0.29, 0.717) is 6.54 Å². The van der Waals surface area contributed by atoms with Gasteiger partial charge in [0, 0.05) is 10.9 Å². The highest BCUT2D eigenvalue weighted by molar-refractivity contribution is 7.17. The molecule has 0 aliphatic carbocycles. The summed E-state index contributed by atoms with van der Waals surface area (Å²) in [6.45, 7) is 0.328. The van der Waals surface area contributed by atoms with Gasteiger partial charge in [-0.3, -0.25) is 14.3 Å². The van der Waals surface area contributed by atoms with Gasteiger partial charge in [-0.05, 0) is 22.4 Å². The molecule has 0 unspecified atom stereocenters. The monoisotopic (exact) mass is 283 g/mol. The first-order valence-corrected chi connectivity index (χ1v) is 6.76. The molecule has 6 heteroatoms. The summed E-state index contributed by atoms with van der Waals surface area (Å²) in [6.07, 6.45) is 1.30. The van der Waals surface area contributed by atoms with Gasteiger partial charge in [-0.1, -0.05) is 18.2 Å². The van der Waals surface area contributed by atoms with Gasteiger partial charge in [-0.25, -0.2) is 4.79 Å². The highest BCUT2D eigenvalue weighted by Gasteiger charge is 2.08. The van der Waals surface area contributed by atoms with Gasteiger partial charge in [0.25, 0.3) is 5.56 Å². The Bertz CT molecular complexity index is 943. The van der Waals surface area contributed by atoms with E-state index in [-0.39, 0.29) is 5.56 Å². The highest BCUT2D eigenvalue weighted by atomic mass is 32.1. The van der Waals surface area contributed by atoms with Gasteiger partial charge >= 0.3 is 5.69 Å². The summed E-state index contributed by atoms with van der Waals surface area (Å²) in [5, 5.41) is 11.9. The number of nitrogens with zero attached hydrogens (tertiary/aromatic N) is 2. The Kier molecular flexibility index (Phi) is 2.97. The summed E-state index contributed by atoms with van der Waals surface area (Å²) in [5.74, 6) is 0. The maximum Gasteiger partial charge on any atom is 0.328 e. The van der Waals surface area contributed by atoms with E-state index in [0.717, 1.165) is 15.6 Å². The lowest BCUT2D eigenvalue weighted by Gasteiger charge is -2.04. The number of H-pyrrole nitrogens is 1. The van der Waals surface area contributed by atoms with Crippen LogP contribution in [0.15, 0.2) is 45.4 Å². The molecule has 0 saturated heterocycles. The zero-order valence-electron chi connectivity index (χ0n) is 10.3. The Hall–Kier alpha value is -2.65. The molecule has 5 nitrogen and oxygen atoms in total. The SMILES string of the molecule is N#Cc1cn(Cc2csc3ccccc23)c(=O)[nH]c1=O. The van der Waals surface area contributed by atoms with Crippen molar-refractivity contribution in [3.8, 4) is 6.07 Å². The van der Waals surface area contributed by atoms with Gasteiger partial charge in [-0.2, -0.15) is 5.26 Å². The number of aromatic nitrogens is 2. The van der Waals surface area contributed by atoms with Crippen molar-refractivity contribution in [3.63, 3.8) is 0 Å². The minimum absolute atomic E-state index is 0.0656. The number of benzene rings is 1. The number of hydrogen-bond donors (Lipinski definition) is 1. The molecule has 0 atom stereocenters. The topological polar surface area (TPSA) is 78.7 Å². The molecule has 0 aliphatic heterocycles. The lowest BCUT2D eigenvalue weighted by molar-refractivity contribution is 0.722. The maximum atomic E-state index is 11.8. The van der Waals surface area contributed by atoms with Gasteiger partial charge in [0.15, 0.2) is 0 Å². The van der Waals surface area contributed by atoms with E-state index in [1.165, 1.54) is 10.8 Å². The van der Waals surface area contributed by atoms with E-state index in [9.17, 15) is 9.59 Å². The van der Waals surface area contributed by atoms with E-state index >= 15 is 0 Å². The predicted molar refractivity (Wildman–Crippen MR) is 77.0 cm³/mol. The Morgan fingerprint density at radius 3 is 2.90 bits per heavy atom. The second-order valence-corrected chi connectivity index (χ2v) is 5.21. The summed E-state index contributed by atoms with van der Waals surface area (Å²) < 4.78 is 2.48. The average Bonchev–Trinajstić information content (AvgIpc) is 2.85. The van der Waals surface area contributed by atoms with Crippen molar-refractivity contribution < 1.29 is 0 Å². The molecule has 0 amide bonds. The van der Waals surface area contributed by atoms with Crippen LogP contribution in [0.4, 0.5) is 0 Å². The normalized spacial score (nSPS) is 10.6.